The van der Waals surface area contributed by atoms with E-state index in [2.05, 4.69) is 34.1 Å². The van der Waals surface area contributed by atoms with E-state index in [1.807, 2.05) is 7.05 Å². The largest absolute Gasteiger partial charge is 0.477 e. The van der Waals surface area contributed by atoms with Crippen molar-refractivity contribution in [3.8, 4) is 5.88 Å². The number of hydrogen-bond donors (Lipinski definition) is 2. The van der Waals surface area contributed by atoms with Gasteiger partial charge in [0.2, 0.25) is 5.88 Å². The maximum Gasteiger partial charge on any atom is 0.226 e. The second-order valence-corrected chi connectivity index (χ2v) is 5.13. The summed E-state index contributed by atoms with van der Waals surface area (Å²) in [6.07, 6.45) is 6.39. The summed E-state index contributed by atoms with van der Waals surface area (Å²) in [6, 6.07) is 0. The van der Waals surface area contributed by atoms with E-state index in [4.69, 9.17) is 4.74 Å². The van der Waals surface area contributed by atoms with Crippen LogP contribution < -0.4 is 10.1 Å². The predicted octanol–water partition coefficient (Wildman–Crippen LogP) is 1.95. The summed E-state index contributed by atoms with van der Waals surface area (Å²) < 4.78 is 5.70. The Hall–Kier alpha value is -2.21. The van der Waals surface area contributed by atoms with E-state index in [0.717, 1.165) is 0 Å². The Morgan fingerprint density at radius 2 is 2.29 bits per heavy atom. The molecule has 0 spiro atoms. The molecule has 0 fully saturated rings. The Labute approximate surface area is 123 Å². The van der Waals surface area contributed by atoms with E-state index in [1.54, 1.807) is 18.3 Å². The predicted molar refractivity (Wildman–Crippen MR) is 81.6 cm³/mol. The molecule has 0 saturated carbocycles. The molecule has 0 unspecified atom stereocenters. The van der Waals surface area contributed by atoms with Crippen LogP contribution in [0, 0.1) is 5.92 Å². The fraction of sp³-hybridized carbons (Fsp3) is 0.400. The molecule has 2 rings (SSSR count). The number of carbonyl (C=O) groups excluding carboxylic acids is 1. The number of aromatic nitrogens is 3. The van der Waals surface area contributed by atoms with Gasteiger partial charge in [-0.25, -0.2) is 9.97 Å². The summed E-state index contributed by atoms with van der Waals surface area (Å²) in [6.45, 7) is 5.30. The molecule has 0 bridgehead atoms. The Morgan fingerprint density at radius 1 is 1.48 bits per heavy atom. The average Bonchev–Trinajstić information content (AvgIpc) is 2.89. The first-order chi connectivity index (χ1) is 10.1. The normalized spacial score (nSPS) is 11.6. The number of ether oxygens (including phenoxy) is 1. The van der Waals surface area contributed by atoms with Crippen LogP contribution in [0.1, 0.15) is 24.2 Å². The van der Waals surface area contributed by atoms with Crippen LogP contribution in [0.4, 0.5) is 0 Å². The van der Waals surface area contributed by atoms with Gasteiger partial charge < -0.3 is 15.0 Å². The molecule has 2 N–H and O–H groups in total. The first-order valence-electron chi connectivity index (χ1n) is 6.93. The van der Waals surface area contributed by atoms with Gasteiger partial charge in [-0.2, -0.15) is 0 Å². The zero-order valence-electron chi connectivity index (χ0n) is 12.5. The van der Waals surface area contributed by atoms with Crippen molar-refractivity contribution >= 4 is 16.8 Å². The van der Waals surface area contributed by atoms with Gasteiger partial charge in [0.15, 0.2) is 5.78 Å². The number of rotatable bonds is 7. The summed E-state index contributed by atoms with van der Waals surface area (Å²) in [5, 5.41) is 3.59. The van der Waals surface area contributed by atoms with E-state index in [0.29, 0.717) is 41.5 Å². The Bertz CT molecular complexity index is 646. The van der Waals surface area contributed by atoms with Crippen LogP contribution in [0.15, 0.2) is 24.7 Å². The molecule has 2 heterocycles. The number of carbonyl (C=O) groups is 1. The molecule has 21 heavy (non-hydrogen) atoms. The minimum absolute atomic E-state index is 0.0966. The van der Waals surface area contributed by atoms with E-state index < -0.39 is 0 Å². The number of nitrogens with one attached hydrogen (secondary N) is 2. The molecule has 6 nitrogen and oxygen atoms in total. The molecule has 112 valence electrons. The third-order valence-electron chi connectivity index (χ3n) is 2.85. The lowest BCUT2D eigenvalue weighted by atomic mass is 10.1. The molecule has 2 aromatic rings. The van der Waals surface area contributed by atoms with Gasteiger partial charge in [0.05, 0.1) is 17.6 Å². The van der Waals surface area contributed by atoms with Crippen molar-refractivity contribution in [1.82, 2.24) is 20.3 Å². The summed E-state index contributed by atoms with van der Waals surface area (Å²) in [4.78, 5) is 23.5. The average molecular weight is 288 g/mol. The lowest BCUT2D eigenvalue weighted by Crippen LogP contribution is -2.07. The summed E-state index contributed by atoms with van der Waals surface area (Å²) >= 11 is 0. The Kier molecular flexibility index (Phi) is 5.05. The zero-order chi connectivity index (χ0) is 15.2. The van der Waals surface area contributed by atoms with Crippen LogP contribution in [0.25, 0.3) is 11.0 Å². The van der Waals surface area contributed by atoms with Crippen LogP contribution in [0.3, 0.4) is 0 Å². The Balaban J connectivity index is 2.34. The van der Waals surface area contributed by atoms with Crippen LogP contribution >= 0.6 is 0 Å². The topological polar surface area (TPSA) is 79.9 Å². The van der Waals surface area contributed by atoms with Gasteiger partial charge in [0, 0.05) is 12.7 Å². The van der Waals surface area contributed by atoms with Crippen LogP contribution in [-0.4, -0.2) is 40.9 Å². The highest BCUT2D eigenvalue weighted by Gasteiger charge is 2.16. The number of ketones is 1. The van der Waals surface area contributed by atoms with Gasteiger partial charge in [0.1, 0.15) is 12.0 Å². The van der Waals surface area contributed by atoms with Crippen molar-refractivity contribution < 1.29 is 9.53 Å². The fourth-order valence-electron chi connectivity index (χ4n) is 1.86. The standard InChI is InChI=1S/C15H20N4O2/c1-10(2)8-21-15-13-11(12(20)5-4-6-16-3)7-17-14(13)18-9-19-15/h4-5,7,9-10,16H,6,8H2,1-3H3,(H,17,18,19). The fourth-order valence-corrected chi connectivity index (χ4v) is 1.86. The Morgan fingerprint density at radius 3 is 3.00 bits per heavy atom. The van der Waals surface area contributed by atoms with Crippen molar-refractivity contribution in [3.05, 3.63) is 30.2 Å². The van der Waals surface area contributed by atoms with Crippen molar-refractivity contribution in [2.75, 3.05) is 20.2 Å². The number of allylic oxidation sites excluding steroid dienone is 1. The number of H-pyrrole nitrogens is 1. The zero-order valence-corrected chi connectivity index (χ0v) is 12.5. The highest BCUT2D eigenvalue weighted by Crippen LogP contribution is 2.26. The smallest absolute Gasteiger partial charge is 0.226 e. The molecule has 6 heteroatoms. The molecule has 0 aromatic carbocycles. The minimum atomic E-state index is -0.0966. The third-order valence-corrected chi connectivity index (χ3v) is 2.85. The molecule has 0 atom stereocenters. The summed E-state index contributed by atoms with van der Waals surface area (Å²) in [5.41, 5.74) is 1.13. The van der Waals surface area contributed by atoms with Gasteiger partial charge in [0.25, 0.3) is 0 Å². The molecule has 0 aliphatic heterocycles. The van der Waals surface area contributed by atoms with Crippen LogP contribution in [0.5, 0.6) is 5.88 Å². The van der Waals surface area contributed by atoms with Crippen LogP contribution in [-0.2, 0) is 0 Å². The summed E-state index contributed by atoms with van der Waals surface area (Å²) in [7, 11) is 1.83. The first-order valence-corrected chi connectivity index (χ1v) is 6.93. The minimum Gasteiger partial charge on any atom is -0.477 e. The van der Waals surface area contributed by atoms with Gasteiger partial charge in [-0.3, -0.25) is 4.79 Å². The van der Waals surface area contributed by atoms with E-state index >= 15 is 0 Å². The lowest BCUT2D eigenvalue weighted by molar-refractivity contribution is 0.104. The van der Waals surface area contributed by atoms with Gasteiger partial charge >= 0.3 is 0 Å². The maximum atomic E-state index is 12.2. The second-order valence-electron chi connectivity index (χ2n) is 5.13. The molecule has 0 aliphatic carbocycles. The highest BCUT2D eigenvalue weighted by molar-refractivity contribution is 6.13. The molecule has 2 aromatic heterocycles. The molecule has 0 saturated heterocycles. The van der Waals surface area contributed by atoms with Gasteiger partial charge in [-0.15, -0.1) is 0 Å². The molecule has 0 amide bonds. The quantitative estimate of drug-likeness (QED) is 0.601. The highest BCUT2D eigenvalue weighted by atomic mass is 16.5. The third kappa shape index (κ3) is 3.66. The van der Waals surface area contributed by atoms with E-state index in [9.17, 15) is 4.79 Å². The number of aromatic amines is 1. The first kappa shape index (κ1) is 15.2. The monoisotopic (exact) mass is 288 g/mol. The number of likely N-dealkylation sites (N-methyl/N-ethyl adjacent to an activating group) is 1. The SMILES string of the molecule is CNCC=CC(=O)c1c[nH]c2ncnc(OCC(C)C)c12. The number of hydrogen-bond acceptors (Lipinski definition) is 5. The maximum absolute atomic E-state index is 12.2. The molecule has 0 radical (unpaired) electrons. The number of nitrogens with zero attached hydrogens (tertiary/aromatic N) is 2. The molecular formula is C15H20N4O2. The van der Waals surface area contributed by atoms with Crippen molar-refractivity contribution in [2.24, 2.45) is 5.92 Å². The number of fused-ring (bicyclic) bond motifs is 1. The lowest BCUT2D eigenvalue weighted by Gasteiger charge is -2.08. The van der Waals surface area contributed by atoms with Crippen molar-refractivity contribution in [1.29, 1.82) is 0 Å². The summed E-state index contributed by atoms with van der Waals surface area (Å²) in [5.74, 6) is 0.727. The van der Waals surface area contributed by atoms with E-state index in [1.165, 1.54) is 6.33 Å². The van der Waals surface area contributed by atoms with E-state index in [-0.39, 0.29) is 5.78 Å². The van der Waals surface area contributed by atoms with Crippen molar-refractivity contribution in [2.45, 2.75) is 13.8 Å². The van der Waals surface area contributed by atoms with Gasteiger partial charge in [-0.1, -0.05) is 19.9 Å². The van der Waals surface area contributed by atoms with Gasteiger partial charge in [-0.05, 0) is 19.0 Å². The second kappa shape index (κ2) is 6.99. The van der Waals surface area contributed by atoms with Crippen molar-refractivity contribution in [3.63, 3.8) is 0 Å². The molecular weight excluding hydrogens is 268 g/mol. The molecule has 0 aliphatic rings. The van der Waals surface area contributed by atoms with Crippen LogP contribution in [0.2, 0.25) is 0 Å².